The van der Waals surface area contributed by atoms with E-state index in [2.05, 4.69) is 28.9 Å². The first-order chi connectivity index (χ1) is 7.97. The Bertz CT molecular complexity index is 540. The summed E-state index contributed by atoms with van der Waals surface area (Å²) in [4.78, 5) is 9.01. The number of hydrogen-bond donors (Lipinski definition) is 0. The highest BCUT2D eigenvalue weighted by Crippen LogP contribution is 2.15. The lowest BCUT2D eigenvalue weighted by atomic mass is 10.2. The van der Waals surface area contributed by atoms with Crippen LogP contribution in [0, 0.1) is 20.8 Å². The highest BCUT2D eigenvalue weighted by Gasteiger charge is 2.10. The third-order valence-electron chi connectivity index (χ3n) is 2.60. The highest BCUT2D eigenvalue weighted by molar-refractivity contribution is 5.28. The van der Waals surface area contributed by atoms with E-state index in [4.69, 9.17) is 0 Å². The van der Waals surface area contributed by atoms with Crippen molar-refractivity contribution in [2.45, 2.75) is 40.5 Å². The van der Waals surface area contributed by atoms with Gasteiger partial charge >= 0.3 is 0 Å². The first-order valence-electron chi connectivity index (χ1n) is 5.86. The maximum Gasteiger partial charge on any atom is 0.157 e. The lowest BCUT2D eigenvalue weighted by Gasteiger charge is -2.09. The van der Waals surface area contributed by atoms with Gasteiger partial charge in [0.1, 0.15) is 5.82 Å². The van der Waals surface area contributed by atoms with Crippen LogP contribution in [0.5, 0.6) is 0 Å². The van der Waals surface area contributed by atoms with Gasteiger partial charge in [-0.1, -0.05) is 13.8 Å². The van der Waals surface area contributed by atoms with E-state index in [1.807, 2.05) is 37.6 Å². The Hall–Kier alpha value is -1.71. The van der Waals surface area contributed by atoms with Gasteiger partial charge in [0.15, 0.2) is 5.82 Å². The fourth-order valence-electron chi connectivity index (χ4n) is 1.80. The molecule has 0 saturated carbocycles. The molecule has 0 aliphatic heterocycles. The lowest BCUT2D eigenvalue weighted by molar-refractivity contribution is 0.728. The molecule has 2 rings (SSSR count). The smallest absolute Gasteiger partial charge is 0.157 e. The summed E-state index contributed by atoms with van der Waals surface area (Å²) in [5.74, 6) is 2.05. The predicted octanol–water partition coefficient (Wildman–Crippen LogP) is 2.71. The van der Waals surface area contributed by atoms with Crippen LogP contribution in [-0.2, 0) is 0 Å². The standard InChI is InChI=1S/C13H18N4/c1-8(2)13-14-9(3)7-12(15-13)17-11(5)6-10(4)16-17/h6-8H,1-5H3. The fourth-order valence-corrected chi connectivity index (χ4v) is 1.80. The van der Waals surface area contributed by atoms with Gasteiger partial charge in [-0.25, -0.2) is 14.6 Å². The minimum atomic E-state index is 0.325. The average molecular weight is 230 g/mol. The maximum atomic E-state index is 4.57. The van der Waals surface area contributed by atoms with E-state index in [0.29, 0.717) is 5.92 Å². The monoisotopic (exact) mass is 230 g/mol. The van der Waals surface area contributed by atoms with Crippen LogP contribution in [0.4, 0.5) is 0 Å². The van der Waals surface area contributed by atoms with Crippen molar-refractivity contribution in [2.75, 3.05) is 0 Å². The zero-order valence-corrected chi connectivity index (χ0v) is 11.0. The topological polar surface area (TPSA) is 43.6 Å². The summed E-state index contributed by atoms with van der Waals surface area (Å²) in [5, 5.41) is 4.45. The molecule has 0 atom stereocenters. The number of rotatable bonds is 2. The number of aromatic nitrogens is 4. The van der Waals surface area contributed by atoms with Crippen LogP contribution in [0.15, 0.2) is 12.1 Å². The number of hydrogen-bond acceptors (Lipinski definition) is 3. The molecule has 0 saturated heterocycles. The zero-order valence-electron chi connectivity index (χ0n) is 11.0. The molecule has 4 nitrogen and oxygen atoms in total. The van der Waals surface area contributed by atoms with Crippen molar-refractivity contribution in [3.8, 4) is 5.82 Å². The van der Waals surface area contributed by atoms with Crippen molar-refractivity contribution in [1.82, 2.24) is 19.7 Å². The largest absolute Gasteiger partial charge is 0.238 e. The molecule has 90 valence electrons. The summed E-state index contributed by atoms with van der Waals surface area (Å²) >= 11 is 0. The van der Waals surface area contributed by atoms with Crippen molar-refractivity contribution in [3.63, 3.8) is 0 Å². The Kier molecular flexibility index (Phi) is 2.96. The van der Waals surface area contributed by atoms with E-state index in [0.717, 1.165) is 28.7 Å². The molecule has 0 radical (unpaired) electrons. The molecule has 0 N–H and O–H groups in total. The van der Waals surface area contributed by atoms with Gasteiger partial charge in [0.05, 0.1) is 5.69 Å². The summed E-state index contributed by atoms with van der Waals surface area (Å²) in [7, 11) is 0. The molecule has 2 aromatic heterocycles. The van der Waals surface area contributed by atoms with E-state index in [9.17, 15) is 0 Å². The SMILES string of the molecule is Cc1cc(-n2nc(C)cc2C)nc(C(C)C)n1. The first-order valence-corrected chi connectivity index (χ1v) is 5.86. The van der Waals surface area contributed by atoms with Crippen LogP contribution in [-0.4, -0.2) is 19.7 Å². The van der Waals surface area contributed by atoms with E-state index in [-0.39, 0.29) is 0 Å². The van der Waals surface area contributed by atoms with Gasteiger partial charge in [-0.15, -0.1) is 0 Å². The Balaban J connectivity index is 2.55. The first kappa shape index (κ1) is 11.8. The minimum Gasteiger partial charge on any atom is -0.238 e. The molecule has 2 heterocycles. The quantitative estimate of drug-likeness (QED) is 0.796. The molecular weight excluding hydrogens is 212 g/mol. The Morgan fingerprint density at radius 1 is 1.00 bits per heavy atom. The molecule has 0 spiro atoms. The minimum absolute atomic E-state index is 0.325. The molecule has 17 heavy (non-hydrogen) atoms. The zero-order chi connectivity index (χ0) is 12.6. The van der Waals surface area contributed by atoms with Crippen LogP contribution in [0.25, 0.3) is 5.82 Å². The van der Waals surface area contributed by atoms with Gasteiger partial charge in [-0.05, 0) is 26.8 Å². The van der Waals surface area contributed by atoms with Crippen molar-refractivity contribution < 1.29 is 0 Å². The van der Waals surface area contributed by atoms with E-state index in [1.165, 1.54) is 0 Å². The van der Waals surface area contributed by atoms with Crippen molar-refractivity contribution in [1.29, 1.82) is 0 Å². The average Bonchev–Trinajstić information content (AvgIpc) is 2.57. The Morgan fingerprint density at radius 2 is 1.71 bits per heavy atom. The number of aryl methyl sites for hydroxylation is 3. The van der Waals surface area contributed by atoms with Gasteiger partial charge < -0.3 is 0 Å². The maximum absolute atomic E-state index is 4.57. The third kappa shape index (κ3) is 2.35. The van der Waals surface area contributed by atoms with Gasteiger partial charge in [-0.3, -0.25) is 0 Å². The van der Waals surface area contributed by atoms with Crippen LogP contribution < -0.4 is 0 Å². The molecule has 4 heteroatoms. The van der Waals surface area contributed by atoms with Crippen LogP contribution >= 0.6 is 0 Å². The van der Waals surface area contributed by atoms with Crippen LogP contribution in [0.1, 0.15) is 42.7 Å². The molecule has 0 amide bonds. The van der Waals surface area contributed by atoms with Crippen molar-refractivity contribution in [3.05, 3.63) is 35.0 Å². The van der Waals surface area contributed by atoms with E-state index < -0.39 is 0 Å². The summed E-state index contributed by atoms with van der Waals surface area (Å²) in [6, 6.07) is 4.01. The Labute approximate surface area is 102 Å². The summed E-state index contributed by atoms with van der Waals surface area (Å²) in [6.07, 6.45) is 0. The van der Waals surface area contributed by atoms with Crippen LogP contribution in [0.2, 0.25) is 0 Å². The van der Waals surface area contributed by atoms with Gasteiger partial charge in [0, 0.05) is 23.4 Å². The Morgan fingerprint density at radius 3 is 2.24 bits per heavy atom. The summed E-state index contributed by atoms with van der Waals surface area (Å²) in [5.41, 5.74) is 3.08. The highest BCUT2D eigenvalue weighted by atomic mass is 15.3. The van der Waals surface area contributed by atoms with Crippen molar-refractivity contribution >= 4 is 0 Å². The second-order valence-corrected chi connectivity index (χ2v) is 4.72. The molecule has 0 unspecified atom stereocenters. The predicted molar refractivity (Wildman–Crippen MR) is 67.5 cm³/mol. The van der Waals surface area contributed by atoms with E-state index in [1.54, 1.807) is 0 Å². The molecule has 0 aliphatic carbocycles. The second kappa shape index (κ2) is 4.28. The molecule has 0 fully saturated rings. The van der Waals surface area contributed by atoms with Crippen molar-refractivity contribution in [2.24, 2.45) is 0 Å². The van der Waals surface area contributed by atoms with Gasteiger partial charge in [0.25, 0.3) is 0 Å². The third-order valence-corrected chi connectivity index (χ3v) is 2.60. The normalized spacial score (nSPS) is 11.2. The molecule has 0 aliphatic rings. The van der Waals surface area contributed by atoms with E-state index >= 15 is 0 Å². The summed E-state index contributed by atoms with van der Waals surface area (Å²) < 4.78 is 1.87. The fraction of sp³-hybridized carbons (Fsp3) is 0.462. The summed E-state index contributed by atoms with van der Waals surface area (Å²) in [6.45, 7) is 10.2. The lowest BCUT2D eigenvalue weighted by Crippen LogP contribution is -2.08. The molecule has 0 bridgehead atoms. The number of nitrogens with zero attached hydrogens (tertiary/aromatic N) is 4. The molecular formula is C13H18N4. The molecule has 2 aromatic rings. The van der Waals surface area contributed by atoms with Gasteiger partial charge in [-0.2, -0.15) is 5.10 Å². The van der Waals surface area contributed by atoms with Gasteiger partial charge in [0.2, 0.25) is 0 Å². The van der Waals surface area contributed by atoms with Crippen LogP contribution in [0.3, 0.4) is 0 Å². The molecule has 0 aromatic carbocycles. The second-order valence-electron chi connectivity index (χ2n) is 4.72.